The standard InChI is InChI=1S/C19H22F3N5O/c1-2-3-13-6-9-27(28,11-13)12-26-16-5-4-14(19(20,21)22)10-15(16)25-18(26)17-23-7-8-24-17/h4-5,7-8,10,13H,2-3,6,9,11-12H2,1H3,(H,23,24). The number of hydroxylamine groups is 3. The molecule has 1 fully saturated rings. The summed E-state index contributed by atoms with van der Waals surface area (Å²) >= 11 is 0. The molecule has 1 aromatic carbocycles. The molecule has 28 heavy (non-hydrogen) atoms. The summed E-state index contributed by atoms with van der Waals surface area (Å²) in [5.41, 5.74) is -0.0466. The fourth-order valence-corrected chi connectivity index (χ4v) is 4.12. The second-order valence-corrected chi connectivity index (χ2v) is 7.55. The monoisotopic (exact) mass is 393 g/mol. The molecule has 0 aliphatic carbocycles. The lowest BCUT2D eigenvalue weighted by molar-refractivity contribution is -0.891. The van der Waals surface area contributed by atoms with Gasteiger partial charge < -0.3 is 14.8 Å². The molecule has 0 spiro atoms. The number of nitrogens with zero attached hydrogens (tertiary/aromatic N) is 4. The number of hydrogen-bond acceptors (Lipinski definition) is 3. The number of H-pyrrole nitrogens is 1. The third-order valence-corrected chi connectivity index (χ3v) is 5.42. The van der Waals surface area contributed by atoms with Crippen LogP contribution in [0.25, 0.3) is 22.7 Å². The molecule has 0 amide bonds. The van der Waals surface area contributed by atoms with Crippen molar-refractivity contribution in [3.05, 3.63) is 41.4 Å². The first kappa shape index (κ1) is 18.9. The van der Waals surface area contributed by atoms with Crippen molar-refractivity contribution < 1.29 is 17.8 Å². The molecular formula is C19H22F3N5O. The average molecular weight is 393 g/mol. The number of aromatic nitrogens is 4. The summed E-state index contributed by atoms with van der Waals surface area (Å²) in [5, 5.41) is 13.3. The number of imidazole rings is 2. The summed E-state index contributed by atoms with van der Waals surface area (Å²) in [7, 11) is 0. The second-order valence-electron chi connectivity index (χ2n) is 7.55. The van der Waals surface area contributed by atoms with Crippen LogP contribution in [0.4, 0.5) is 13.2 Å². The van der Waals surface area contributed by atoms with Gasteiger partial charge in [0.05, 0.1) is 29.7 Å². The van der Waals surface area contributed by atoms with Crippen molar-refractivity contribution >= 4 is 11.0 Å². The van der Waals surface area contributed by atoms with E-state index >= 15 is 0 Å². The number of quaternary nitrogens is 1. The molecule has 0 saturated carbocycles. The highest BCUT2D eigenvalue weighted by Crippen LogP contribution is 2.34. The van der Waals surface area contributed by atoms with Gasteiger partial charge in [-0.15, -0.1) is 0 Å². The van der Waals surface area contributed by atoms with E-state index in [1.165, 1.54) is 6.07 Å². The summed E-state index contributed by atoms with van der Waals surface area (Å²) in [5.74, 6) is 1.20. The molecule has 3 aromatic rings. The Morgan fingerprint density at radius 2 is 2.18 bits per heavy atom. The predicted octanol–water partition coefficient (Wildman–Crippen LogP) is 4.54. The third kappa shape index (κ3) is 3.51. The van der Waals surface area contributed by atoms with E-state index in [1.807, 2.05) is 0 Å². The average Bonchev–Trinajstić information content (AvgIpc) is 3.34. The smallest absolute Gasteiger partial charge is 0.416 e. The highest BCUT2D eigenvalue weighted by atomic mass is 19.4. The van der Waals surface area contributed by atoms with Gasteiger partial charge in [0.2, 0.25) is 0 Å². The zero-order valence-electron chi connectivity index (χ0n) is 15.5. The maximum Gasteiger partial charge on any atom is 0.416 e. The van der Waals surface area contributed by atoms with Crippen molar-refractivity contribution in [2.45, 2.75) is 39.0 Å². The fourth-order valence-electron chi connectivity index (χ4n) is 4.12. The Labute approximate surface area is 160 Å². The molecule has 2 unspecified atom stereocenters. The molecule has 4 rings (SSSR count). The summed E-state index contributed by atoms with van der Waals surface area (Å²) in [6.07, 6.45) is 1.66. The number of aromatic amines is 1. The lowest BCUT2D eigenvalue weighted by Crippen LogP contribution is -2.41. The van der Waals surface area contributed by atoms with Crippen LogP contribution in [-0.4, -0.2) is 37.3 Å². The largest absolute Gasteiger partial charge is 0.631 e. The second kappa shape index (κ2) is 6.89. The first-order valence-electron chi connectivity index (χ1n) is 9.43. The van der Waals surface area contributed by atoms with Crippen LogP contribution in [0.5, 0.6) is 0 Å². The van der Waals surface area contributed by atoms with Crippen LogP contribution < -0.4 is 0 Å². The summed E-state index contributed by atoms with van der Waals surface area (Å²) in [4.78, 5) is 11.5. The van der Waals surface area contributed by atoms with Gasteiger partial charge in [-0.3, -0.25) is 4.57 Å². The molecule has 9 heteroatoms. The van der Waals surface area contributed by atoms with E-state index in [0.29, 0.717) is 36.2 Å². The molecule has 2 atom stereocenters. The zero-order chi connectivity index (χ0) is 19.9. The van der Waals surface area contributed by atoms with E-state index in [-0.39, 0.29) is 12.2 Å². The number of benzene rings is 1. The highest BCUT2D eigenvalue weighted by molar-refractivity contribution is 5.80. The van der Waals surface area contributed by atoms with Crippen LogP contribution in [0, 0.1) is 11.1 Å². The molecule has 1 N–H and O–H groups in total. The molecule has 0 bridgehead atoms. The minimum Gasteiger partial charge on any atom is -0.631 e. The topological polar surface area (TPSA) is 69.6 Å². The highest BCUT2D eigenvalue weighted by Gasteiger charge is 2.34. The van der Waals surface area contributed by atoms with Crippen molar-refractivity contribution in [1.82, 2.24) is 19.5 Å². The molecule has 2 aromatic heterocycles. The molecule has 150 valence electrons. The Morgan fingerprint density at radius 3 is 2.86 bits per heavy atom. The Bertz CT molecular complexity index is 966. The van der Waals surface area contributed by atoms with Crippen LogP contribution >= 0.6 is 0 Å². The van der Waals surface area contributed by atoms with Gasteiger partial charge in [-0.2, -0.15) is 13.2 Å². The molecule has 1 aliphatic rings. The minimum atomic E-state index is -4.45. The molecule has 3 heterocycles. The van der Waals surface area contributed by atoms with Gasteiger partial charge in [0.25, 0.3) is 0 Å². The maximum absolute atomic E-state index is 13.3. The van der Waals surface area contributed by atoms with Crippen molar-refractivity contribution in [1.29, 1.82) is 0 Å². The number of fused-ring (bicyclic) bond motifs is 1. The van der Waals surface area contributed by atoms with Crippen molar-refractivity contribution in [3.8, 4) is 11.6 Å². The molecule has 1 aliphatic heterocycles. The van der Waals surface area contributed by atoms with Gasteiger partial charge in [-0.05, 0) is 24.6 Å². The van der Waals surface area contributed by atoms with Crippen LogP contribution in [-0.2, 0) is 12.8 Å². The number of halogens is 3. The van der Waals surface area contributed by atoms with E-state index < -0.39 is 16.4 Å². The minimum absolute atomic E-state index is 0.109. The summed E-state index contributed by atoms with van der Waals surface area (Å²) in [6.45, 7) is 3.24. The van der Waals surface area contributed by atoms with Crippen molar-refractivity contribution in [2.75, 3.05) is 13.1 Å². The maximum atomic E-state index is 13.3. The van der Waals surface area contributed by atoms with E-state index in [0.717, 1.165) is 31.4 Å². The summed E-state index contributed by atoms with van der Waals surface area (Å²) < 4.78 is 40.6. The van der Waals surface area contributed by atoms with Crippen molar-refractivity contribution in [2.24, 2.45) is 5.92 Å². The number of alkyl halides is 3. The van der Waals surface area contributed by atoms with Crippen molar-refractivity contribution in [3.63, 3.8) is 0 Å². The normalized spacial score (nSPS) is 23.0. The Morgan fingerprint density at radius 1 is 1.36 bits per heavy atom. The van der Waals surface area contributed by atoms with Crippen LogP contribution in [0.3, 0.4) is 0 Å². The van der Waals surface area contributed by atoms with Gasteiger partial charge in [0, 0.05) is 24.7 Å². The first-order chi connectivity index (χ1) is 13.3. The number of rotatable bonds is 5. The van der Waals surface area contributed by atoms with Crippen LogP contribution in [0.1, 0.15) is 31.7 Å². The van der Waals surface area contributed by atoms with E-state index in [2.05, 4.69) is 21.9 Å². The van der Waals surface area contributed by atoms with E-state index in [9.17, 15) is 18.4 Å². The van der Waals surface area contributed by atoms with Gasteiger partial charge in [0.15, 0.2) is 18.3 Å². The Balaban J connectivity index is 1.76. The fraction of sp³-hybridized carbons (Fsp3) is 0.474. The lowest BCUT2D eigenvalue weighted by Gasteiger charge is -2.39. The van der Waals surface area contributed by atoms with Gasteiger partial charge in [0.1, 0.15) is 0 Å². The number of hydrogen-bond donors (Lipinski definition) is 1. The van der Waals surface area contributed by atoms with Crippen LogP contribution in [0.15, 0.2) is 30.6 Å². The van der Waals surface area contributed by atoms with Gasteiger partial charge >= 0.3 is 6.18 Å². The SMILES string of the molecule is CCCC1CC[N+]([O-])(Cn2c(-c3ncc[nH]3)nc3cc(C(F)(F)F)ccc32)C1. The first-order valence-corrected chi connectivity index (χ1v) is 9.43. The molecular weight excluding hydrogens is 371 g/mol. The Hall–Kier alpha value is -2.39. The van der Waals surface area contributed by atoms with E-state index in [1.54, 1.807) is 17.0 Å². The van der Waals surface area contributed by atoms with Gasteiger partial charge in [-0.1, -0.05) is 13.3 Å². The van der Waals surface area contributed by atoms with Gasteiger partial charge in [-0.25, -0.2) is 9.97 Å². The molecule has 1 saturated heterocycles. The lowest BCUT2D eigenvalue weighted by atomic mass is 10.0. The van der Waals surface area contributed by atoms with Crippen LogP contribution in [0.2, 0.25) is 0 Å². The number of likely N-dealkylation sites (tertiary alicyclic amines) is 1. The van der Waals surface area contributed by atoms with E-state index in [4.69, 9.17) is 0 Å². The molecule has 6 nitrogen and oxygen atoms in total. The third-order valence-electron chi connectivity index (χ3n) is 5.42. The summed E-state index contributed by atoms with van der Waals surface area (Å²) in [6, 6.07) is 3.45. The Kier molecular flexibility index (Phi) is 4.67. The quantitative estimate of drug-likeness (QED) is 0.511. The molecule has 0 radical (unpaired) electrons. The number of nitrogens with one attached hydrogen (secondary N) is 1. The predicted molar refractivity (Wildman–Crippen MR) is 98.7 cm³/mol. The zero-order valence-corrected chi connectivity index (χ0v) is 15.5.